The van der Waals surface area contributed by atoms with E-state index in [-0.39, 0.29) is 6.04 Å². The van der Waals surface area contributed by atoms with Gasteiger partial charge in [0.25, 0.3) is 0 Å². The number of benzene rings is 1. The Morgan fingerprint density at radius 1 is 1.29 bits per heavy atom. The molecule has 0 spiro atoms. The molecule has 2 aliphatic rings. The smallest absolute Gasteiger partial charge is 0.210 e. The fourth-order valence-electron chi connectivity index (χ4n) is 2.76. The lowest BCUT2D eigenvalue weighted by atomic mass is 9.94. The average Bonchev–Trinajstić information content (AvgIpc) is 2.29. The minimum absolute atomic E-state index is 0.225. The third-order valence-corrected chi connectivity index (χ3v) is 3.95. The maximum absolute atomic E-state index is 6.06. The molecule has 2 bridgehead atoms. The average molecular weight is 254 g/mol. The van der Waals surface area contributed by atoms with Gasteiger partial charge in [0.2, 0.25) is 5.79 Å². The van der Waals surface area contributed by atoms with Crippen molar-refractivity contribution in [3.05, 3.63) is 34.9 Å². The predicted molar refractivity (Wildman–Crippen MR) is 66.1 cm³/mol. The molecule has 0 aliphatic carbocycles. The van der Waals surface area contributed by atoms with Crippen molar-refractivity contribution in [1.29, 1.82) is 0 Å². The normalized spacial score (nSPS) is 36.8. The molecule has 0 aromatic heterocycles. The van der Waals surface area contributed by atoms with E-state index < -0.39 is 5.79 Å². The molecule has 2 heterocycles. The third kappa shape index (κ3) is 1.78. The van der Waals surface area contributed by atoms with Crippen molar-refractivity contribution >= 4 is 11.6 Å². The lowest BCUT2D eigenvalue weighted by Crippen LogP contribution is -2.62. The minimum atomic E-state index is -0.637. The Morgan fingerprint density at radius 2 is 2.00 bits per heavy atom. The number of rotatable bonds is 1. The van der Waals surface area contributed by atoms with E-state index in [0.717, 1.165) is 23.7 Å². The standard InChI is InChI=1S/C13H16ClNO2/c1-10-13(11-3-2-4-12(14)9-11)16-7-5-15(10)6-8-17-13/h2-4,9-10H,5-8H2,1H3. The summed E-state index contributed by atoms with van der Waals surface area (Å²) in [7, 11) is 0. The van der Waals surface area contributed by atoms with Crippen LogP contribution in [0.25, 0.3) is 0 Å². The summed E-state index contributed by atoms with van der Waals surface area (Å²) in [5.74, 6) is -0.637. The Bertz CT molecular complexity index is 414. The van der Waals surface area contributed by atoms with Crippen LogP contribution in [0.5, 0.6) is 0 Å². The van der Waals surface area contributed by atoms with Crippen LogP contribution in [0.15, 0.2) is 24.3 Å². The fourth-order valence-corrected chi connectivity index (χ4v) is 2.95. The van der Waals surface area contributed by atoms with Gasteiger partial charge < -0.3 is 9.47 Å². The molecule has 1 unspecified atom stereocenters. The van der Waals surface area contributed by atoms with Crippen molar-refractivity contribution in [2.45, 2.75) is 18.8 Å². The Balaban J connectivity index is 2.03. The molecule has 17 heavy (non-hydrogen) atoms. The summed E-state index contributed by atoms with van der Waals surface area (Å²) >= 11 is 6.06. The Morgan fingerprint density at radius 3 is 2.65 bits per heavy atom. The molecule has 1 aromatic rings. The zero-order chi connectivity index (χ0) is 11.9. The highest BCUT2D eigenvalue weighted by atomic mass is 35.5. The molecule has 2 fully saturated rings. The van der Waals surface area contributed by atoms with E-state index in [1.165, 1.54) is 0 Å². The highest BCUT2D eigenvalue weighted by Crippen LogP contribution is 2.39. The van der Waals surface area contributed by atoms with E-state index in [0.29, 0.717) is 13.2 Å². The van der Waals surface area contributed by atoms with Crippen LogP contribution < -0.4 is 0 Å². The molecular formula is C13H16ClNO2. The molecule has 0 radical (unpaired) electrons. The largest absolute Gasteiger partial charge is 0.343 e. The number of halogens is 1. The van der Waals surface area contributed by atoms with Gasteiger partial charge in [-0.2, -0.15) is 0 Å². The molecule has 2 saturated heterocycles. The summed E-state index contributed by atoms with van der Waals surface area (Å²) in [6, 6.07) is 8.00. The molecule has 0 saturated carbocycles. The first-order valence-electron chi connectivity index (χ1n) is 6.00. The van der Waals surface area contributed by atoms with Gasteiger partial charge in [0.1, 0.15) is 0 Å². The number of fused-ring (bicyclic) bond motifs is 2. The van der Waals surface area contributed by atoms with E-state index >= 15 is 0 Å². The maximum Gasteiger partial charge on any atom is 0.210 e. The van der Waals surface area contributed by atoms with Crippen LogP contribution in [0, 0.1) is 0 Å². The topological polar surface area (TPSA) is 21.7 Å². The summed E-state index contributed by atoms with van der Waals surface area (Å²) < 4.78 is 11.9. The Kier molecular flexibility index (Phi) is 2.87. The summed E-state index contributed by atoms with van der Waals surface area (Å²) in [5, 5.41) is 0.721. The zero-order valence-electron chi connectivity index (χ0n) is 9.86. The van der Waals surface area contributed by atoms with Gasteiger partial charge in [-0.3, -0.25) is 4.90 Å². The second-order valence-corrected chi connectivity index (χ2v) is 5.02. The molecule has 2 aliphatic heterocycles. The lowest BCUT2D eigenvalue weighted by molar-refractivity contribution is -0.326. The molecule has 1 aromatic carbocycles. The van der Waals surface area contributed by atoms with E-state index in [9.17, 15) is 0 Å². The fraction of sp³-hybridized carbons (Fsp3) is 0.538. The van der Waals surface area contributed by atoms with E-state index in [1.807, 2.05) is 24.3 Å². The first-order valence-corrected chi connectivity index (χ1v) is 6.38. The van der Waals surface area contributed by atoms with E-state index in [2.05, 4.69) is 11.8 Å². The Hall–Kier alpha value is -0.610. The van der Waals surface area contributed by atoms with Crippen molar-refractivity contribution in [3.63, 3.8) is 0 Å². The molecule has 92 valence electrons. The van der Waals surface area contributed by atoms with Crippen LogP contribution >= 0.6 is 11.6 Å². The number of nitrogens with zero attached hydrogens (tertiary/aromatic N) is 1. The van der Waals surface area contributed by atoms with Gasteiger partial charge >= 0.3 is 0 Å². The van der Waals surface area contributed by atoms with Crippen molar-refractivity contribution in [1.82, 2.24) is 4.90 Å². The maximum atomic E-state index is 6.06. The van der Waals surface area contributed by atoms with Gasteiger partial charge in [-0.05, 0) is 19.1 Å². The first-order chi connectivity index (χ1) is 8.22. The van der Waals surface area contributed by atoms with Crippen LogP contribution in [0.2, 0.25) is 5.02 Å². The molecule has 4 heteroatoms. The van der Waals surface area contributed by atoms with Gasteiger partial charge in [0, 0.05) is 23.7 Å². The SMILES string of the molecule is CC1N2CCOC1(c1cccc(Cl)c1)OCC2. The number of hydrogen-bond acceptors (Lipinski definition) is 3. The summed E-state index contributed by atoms with van der Waals surface area (Å²) in [5.41, 5.74) is 1.02. The molecule has 3 rings (SSSR count). The van der Waals surface area contributed by atoms with Gasteiger partial charge in [-0.15, -0.1) is 0 Å². The monoisotopic (exact) mass is 253 g/mol. The van der Waals surface area contributed by atoms with Crippen LogP contribution in [0.4, 0.5) is 0 Å². The third-order valence-electron chi connectivity index (χ3n) is 3.71. The van der Waals surface area contributed by atoms with Crippen molar-refractivity contribution < 1.29 is 9.47 Å². The predicted octanol–water partition coefficient (Wildman–Crippen LogP) is 2.24. The summed E-state index contributed by atoms with van der Waals surface area (Å²) in [4.78, 5) is 2.41. The van der Waals surface area contributed by atoms with Gasteiger partial charge in [0.05, 0.1) is 19.3 Å². The highest BCUT2D eigenvalue weighted by Gasteiger charge is 2.48. The van der Waals surface area contributed by atoms with Crippen LogP contribution in [-0.2, 0) is 15.3 Å². The van der Waals surface area contributed by atoms with Gasteiger partial charge in [0.15, 0.2) is 0 Å². The van der Waals surface area contributed by atoms with Gasteiger partial charge in [-0.1, -0.05) is 23.7 Å². The van der Waals surface area contributed by atoms with Crippen LogP contribution in [0.3, 0.4) is 0 Å². The molecule has 0 amide bonds. The summed E-state index contributed by atoms with van der Waals surface area (Å²) in [6.07, 6.45) is 0. The van der Waals surface area contributed by atoms with E-state index in [1.54, 1.807) is 0 Å². The van der Waals surface area contributed by atoms with E-state index in [4.69, 9.17) is 21.1 Å². The second kappa shape index (κ2) is 4.25. The second-order valence-electron chi connectivity index (χ2n) is 4.59. The lowest BCUT2D eigenvalue weighted by Gasteiger charge is -2.51. The molecular weight excluding hydrogens is 238 g/mol. The number of morpholine rings is 2. The zero-order valence-corrected chi connectivity index (χ0v) is 10.6. The number of hydrogen-bond donors (Lipinski definition) is 0. The highest BCUT2D eigenvalue weighted by molar-refractivity contribution is 6.30. The van der Waals surface area contributed by atoms with Crippen LogP contribution in [0.1, 0.15) is 12.5 Å². The molecule has 1 atom stereocenters. The Labute approximate surface area is 106 Å². The van der Waals surface area contributed by atoms with Crippen molar-refractivity contribution in [2.24, 2.45) is 0 Å². The van der Waals surface area contributed by atoms with Gasteiger partial charge in [-0.25, -0.2) is 0 Å². The summed E-state index contributed by atoms with van der Waals surface area (Å²) in [6.45, 7) is 5.52. The number of ether oxygens (including phenoxy) is 2. The quantitative estimate of drug-likeness (QED) is 0.766. The minimum Gasteiger partial charge on any atom is -0.343 e. The molecule has 3 nitrogen and oxygen atoms in total. The van der Waals surface area contributed by atoms with Crippen molar-refractivity contribution in [3.8, 4) is 0 Å². The van der Waals surface area contributed by atoms with Crippen LogP contribution in [-0.4, -0.2) is 37.2 Å². The first kappa shape index (κ1) is 11.5. The van der Waals surface area contributed by atoms with Crippen molar-refractivity contribution in [2.75, 3.05) is 26.3 Å². The molecule has 0 N–H and O–H groups in total.